The molecule has 1 atom stereocenters. The van der Waals surface area contributed by atoms with E-state index in [1.54, 1.807) is 43.3 Å². The lowest BCUT2D eigenvalue weighted by Crippen LogP contribution is -2.41. The molecule has 0 unspecified atom stereocenters. The maximum atomic E-state index is 13.5. The number of hydrogen-bond donors (Lipinski definition) is 1. The predicted octanol–water partition coefficient (Wildman–Crippen LogP) is 4.07. The van der Waals surface area contributed by atoms with Crippen LogP contribution in [0.15, 0.2) is 71.6 Å². The molecule has 0 saturated heterocycles. The molecular formula is C26H27FN2O6S. The number of ether oxygens (including phenoxy) is 3. The van der Waals surface area contributed by atoms with Gasteiger partial charge in [0.25, 0.3) is 10.0 Å². The molecule has 1 N–H and O–H groups in total. The molecule has 36 heavy (non-hydrogen) atoms. The molecule has 1 aliphatic rings. The first-order valence-electron chi connectivity index (χ1n) is 11.5. The number of carbonyl (C=O) groups is 1. The summed E-state index contributed by atoms with van der Waals surface area (Å²) in [6, 6.07) is 15.8. The fourth-order valence-electron chi connectivity index (χ4n) is 3.75. The summed E-state index contributed by atoms with van der Waals surface area (Å²) in [6.07, 6.45) is 0. The Hall–Kier alpha value is -3.79. The molecule has 3 aromatic rings. The number of amides is 1. The molecule has 4 rings (SSSR count). The minimum absolute atomic E-state index is 0.134. The van der Waals surface area contributed by atoms with E-state index in [4.69, 9.17) is 14.2 Å². The third-order valence-corrected chi connectivity index (χ3v) is 7.36. The van der Waals surface area contributed by atoms with Crippen molar-refractivity contribution in [3.05, 3.63) is 78.1 Å². The summed E-state index contributed by atoms with van der Waals surface area (Å²) in [5.74, 6) is 0.715. The van der Waals surface area contributed by atoms with Crippen LogP contribution in [0.25, 0.3) is 0 Å². The van der Waals surface area contributed by atoms with Crippen LogP contribution in [0.1, 0.15) is 25.5 Å². The molecule has 0 spiro atoms. The number of fused-ring (bicyclic) bond motifs is 1. The number of anilines is 1. The van der Waals surface area contributed by atoms with Crippen LogP contribution in [-0.2, 0) is 14.8 Å². The number of halogens is 1. The Morgan fingerprint density at radius 3 is 2.36 bits per heavy atom. The van der Waals surface area contributed by atoms with Gasteiger partial charge < -0.3 is 19.5 Å². The van der Waals surface area contributed by atoms with Gasteiger partial charge >= 0.3 is 0 Å². The summed E-state index contributed by atoms with van der Waals surface area (Å²) < 4.78 is 57.9. The van der Waals surface area contributed by atoms with Crippen LogP contribution in [0.3, 0.4) is 0 Å². The van der Waals surface area contributed by atoms with Crippen molar-refractivity contribution in [2.24, 2.45) is 0 Å². The Balaban J connectivity index is 1.57. The van der Waals surface area contributed by atoms with Crippen LogP contribution in [0.2, 0.25) is 0 Å². The monoisotopic (exact) mass is 514 g/mol. The molecule has 1 aliphatic heterocycles. The van der Waals surface area contributed by atoms with E-state index in [1.807, 2.05) is 13.0 Å². The number of carbonyl (C=O) groups excluding carboxylic acids is 1. The molecule has 3 aromatic carbocycles. The van der Waals surface area contributed by atoms with Gasteiger partial charge in [0.2, 0.25) is 5.91 Å². The van der Waals surface area contributed by atoms with Gasteiger partial charge in [-0.25, -0.2) is 12.8 Å². The van der Waals surface area contributed by atoms with E-state index < -0.39 is 34.3 Å². The number of benzene rings is 3. The largest absolute Gasteiger partial charge is 0.494 e. The Morgan fingerprint density at radius 1 is 1.03 bits per heavy atom. The van der Waals surface area contributed by atoms with Crippen molar-refractivity contribution in [1.29, 1.82) is 0 Å². The van der Waals surface area contributed by atoms with Crippen LogP contribution in [0.5, 0.6) is 17.2 Å². The van der Waals surface area contributed by atoms with E-state index in [-0.39, 0.29) is 10.6 Å². The smallest absolute Gasteiger partial charge is 0.264 e. The third kappa shape index (κ3) is 5.71. The highest BCUT2D eigenvalue weighted by atomic mass is 32.2. The molecule has 1 amide bonds. The molecule has 0 aliphatic carbocycles. The molecule has 10 heteroatoms. The number of hydrogen-bond acceptors (Lipinski definition) is 6. The number of rotatable bonds is 9. The second-order valence-electron chi connectivity index (χ2n) is 8.08. The maximum absolute atomic E-state index is 13.5. The highest BCUT2D eigenvalue weighted by Gasteiger charge is 2.28. The summed E-state index contributed by atoms with van der Waals surface area (Å²) in [5, 5.41) is 2.84. The van der Waals surface area contributed by atoms with Crippen molar-refractivity contribution in [2.45, 2.75) is 24.8 Å². The van der Waals surface area contributed by atoms with E-state index in [9.17, 15) is 17.6 Å². The zero-order valence-corrected chi connectivity index (χ0v) is 20.8. The lowest BCUT2D eigenvalue weighted by Gasteiger charge is -2.25. The second-order valence-corrected chi connectivity index (χ2v) is 9.95. The SMILES string of the molecule is CCOc1ccc(N(CC(=O)N[C@@H](C)c2ccc3c(c2)OCCO3)S(=O)(=O)c2ccc(F)cc2)cc1. The average Bonchev–Trinajstić information content (AvgIpc) is 2.88. The average molecular weight is 515 g/mol. The minimum Gasteiger partial charge on any atom is -0.494 e. The van der Waals surface area contributed by atoms with Gasteiger partial charge in [-0.1, -0.05) is 6.07 Å². The van der Waals surface area contributed by atoms with Gasteiger partial charge in [0.1, 0.15) is 31.3 Å². The zero-order valence-electron chi connectivity index (χ0n) is 19.9. The van der Waals surface area contributed by atoms with Crippen molar-refractivity contribution in [3.8, 4) is 17.2 Å². The Labute approximate surface area is 209 Å². The highest BCUT2D eigenvalue weighted by molar-refractivity contribution is 7.92. The van der Waals surface area contributed by atoms with Gasteiger partial charge in [-0.05, 0) is 80.1 Å². The topological polar surface area (TPSA) is 94.2 Å². The second kappa shape index (κ2) is 10.9. The normalized spacial score (nSPS) is 13.5. The van der Waals surface area contributed by atoms with Crippen molar-refractivity contribution >= 4 is 21.6 Å². The van der Waals surface area contributed by atoms with Crippen molar-refractivity contribution < 1.29 is 31.8 Å². The fourth-order valence-corrected chi connectivity index (χ4v) is 5.18. The summed E-state index contributed by atoms with van der Waals surface area (Å²) in [6.45, 7) is 4.52. The Morgan fingerprint density at radius 2 is 1.69 bits per heavy atom. The van der Waals surface area contributed by atoms with E-state index in [2.05, 4.69) is 5.32 Å². The first kappa shape index (κ1) is 25.3. The molecule has 190 valence electrons. The van der Waals surface area contributed by atoms with Crippen LogP contribution in [0.4, 0.5) is 10.1 Å². The molecule has 8 nitrogen and oxygen atoms in total. The van der Waals surface area contributed by atoms with Crippen molar-refractivity contribution in [3.63, 3.8) is 0 Å². The van der Waals surface area contributed by atoms with E-state index in [0.29, 0.717) is 37.1 Å². The zero-order chi connectivity index (χ0) is 25.7. The first-order valence-corrected chi connectivity index (χ1v) is 12.9. The fraction of sp³-hybridized carbons (Fsp3) is 0.269. The van der Waals surface area contributed by atoms with Crippen LogP contribution in [-0.4, -0.2) is 40.7 Å². The minimum atomic E-state index is -4.18. The number of nitrogens with one attached hydrogen (secondary N) is 1. The molecule has 0 aromatic heterocycles. The molecule has 1 heterocycles. The highest BCUT2D eigenvalue weighted by Crippen LogP contribution is 2.32. The summed E-state index contributed by atoms with van der Waals surface area (Å²) in [4.78, 5) is 12.9. The lowest BCUT2D eigenvalue weighted by atomic mass is 10.1. The van der Waals surface area contributed by atoms with Gasteiger partial charge in [0.05, 0.1) is 23.2 Å². The molecular weight excluding hydrogens is 487 g/mol. The quantitative estimate of drug-likeness (QED) is 0.463. The van der Waals surface area contributed by atoms with Gasteiger partial charge in [-0.2, -0.15) is 0 Å². The third-order valence-electron chi connectivity index (χ3n) is 5.57. The van der Waals surface area contributed by atoms with Gasteiger partial charge in [-0.3, -0.25) is 9.10 Å². The van der Waals surface area contributed by atoms with Crippen molar-refractivity contribution in [1.82, 2.24) is 5.32 Å². The van der Waals surface area contributed by atoms with E-state index >= 15 is 0 Å². The van der Waals surface area contributed by atoms with Crippen LogP contribution in [0, 0.1) is 5.82 Å². The van der Waals surface area contributed by atoms with Gasteiger partial charge in [0.15, 0.2) is 11.5 Å². The Bertz CT molecular complexity index is 1310. The molecule has 0 fully saturated rings. The van der Waals surface area contributed by atoms with Crippen LogP contribution >= 0.6 is 0 Å². The van der Waals surface area contributed by atoms with Crippen LogP contribution < -0.4 is 23.8 Å². The van der Waals surface area contributed by atoms with Crippen molar-refractivity contribution in [2.75, 3.05) is 30.7 Å². The Kier molecular flexibility index (Phi) is 7.64. The predicted molar refractivity (Wildman–Crippen MR) is 133 cm³/mol. The summed E-state index contributed by atoms with van der Waals surface area (Å²) in [7, 11) is -4.18. The molecule has 0 bridgehead atoms. The first-order chi connectivity index (χ1) is 17.3. The van der Waals surface area contributed by atoms with Gasteiger partial charge in [0, 0.05) is 0 Å². The lowest BCUT2D eigenvalue weighted by molar-refractivity contribution is -0.120. The molecule has 0 radical (unpaired) electrons. The number of nitrogens with zero attached hydrogens (tertiary/aromatic N) is 1. The molecule has 0 saturated carbocycles. The standard InChI is InChI=1S/C26H27FN2O6S/c1-3-33-22-9-7-21(8-10-22)29(36(31,32)23-11-5-20(27)6-12-23)17-26(30)28-18(2)19-4-13-24-25(16-19)35-15-14-34-24/h4-13,16,18H,3,14-15,17H2,1-2H3,(H,28,30)/t18-/m0/s1. The van der Waals surface area contributed by atoms with E-state index in [0.717, 1.165) is 22.0 Å². The van der Waals surface area contributed by atoms with E-state index in [1.165, 1.54) is 12.1 Å². The maximum Gasteiger partial charge on any atom is 0.264 e. The summed E-state index contributed by atoms with van der Waals surface area (Å²) >= 11 is 0. The number of sulfonamides is 1. The van der Waals surface area contributed by atoms with Gasteiger partial charge in [-0.15, -0.1) is 0 Å². The summed E-state index contributed by atoms with van der Waals surface area (Å²) in [5.41, 5.74) is 1.05.